The van der Waals surface area contributed by atoms with E-state index in [1.807, 2.05) is 6.07 Å². The van der Waals surface area contributed by atoms with Crippen molar-refractivity contribution in [2.75, 3.05) is 31.2 Å². The number of aromatic nitrogens is 2. The number of anilines is 1. The van der Waals surface area contributed by atoms with Gasteiger partial charge in [0.15, 0.2) is 0 Å². The Bertz CT molecular complexity index is 299. The van der Waals surface area contributed by atoms with Gasteiger partial charge in [-0.15, -0.1) is 0 Å². The standard InChI is InChI=1S/C9H14N4O/c10-6-8-5-9(12-7-11-8)13-1-3-14-4-2-13/h5,7H,1-4,6,10H2. The monoisotopic (exact) mass is 194 g/mol. The van der Waals surface area contributed by atoms with E-state index in [1.54, 1.807) is 6.33 Å². The van der Waals surface area contributed by atoms with Gasteiger partial charge in [-0.2, -0.15) is 0 Å². The van der Waals surface area contributed by atoms with Gasteiger partial charge in [-0.3, -0.25) is 0 Å². The molecule has 0 amide bonds. The highest BCUT2D eigenvalue weighted by Crippen LogP contribution is 2.12. The summed E-state index contributed by atoms with van der Waals surface area (Å²) >= 11 is 0. The summed E-state index contributed by atoms with van der Waals surface area (Å²) in [5, 5.41) is 0. The molecule has 76 valence electrons. The Morgan fingerprint density at radius 3 is 2.86 bits per heavy atom. The molecule has 0 aliphatic carbocycles. The first-order valence-electron chi connectivity index (χ1n) is 4.74. The Hall–Kier alpha value is -1.20. The maximum absolute atomic E-state index is 5.51. The third-order valence-electron chi connectivity index (χ3n) is 2.25. The van der Waals surface area contributed by atoms with Crippen molar-refractivity contribution in [3.05, 3.63) is 18.1 Å². The van der Waals surface area contributed by atoms with Gasteiger partial charge >= 0.3 is 0 Å². The van der Waals surface area contributed by atoms with E-state index in [2.05, 4.69) is 14.9 Å². The third kappa shape index (κ3) is 2.00. The van der Waals surface area contributed by atoms with E-state index >= 15 is 0 Å². The van der Waals surface area contributed by atoms with Gasteiger partial charge in [0, 0.05) is 25.7 Å². The van der Waals surface area contributed by atoms with Crippen LogP contribution in [0, 0.1) is 0 Å². The molecule has 2 N–H and O–H groups in total. The zero-order chi connectivity index (χ0) is 9.80. The van der Waals surface area contributed by atoms with Gasteiger partial charge in [0.1, 0.15) is 12.1 Å². The fourth-order valence-corrected chi connectivity index (χ4v) is 1.46. The first-order chi connectivity index (χ1) is 6.90. The van der Waals surface area contributed by atoms with Gasteiger partial charge in [-0.25, -0.2) is 9.97 Å². The van der Waals surface area contributed by atoms with Crippen molar-refractivity contribution < 1.29 is 4.74 Å². The molecule has 5 nitrogen and oxygen atoms in total. The van der Waals surface area contributed by atoms with Gasteiger partial charge in [-0.05, 0) is 0 Å². The quantitative estimate of drug-likeness (QED) is 0.704. The third-order valence-corrected chi connectivity index (χ3v) is 2.25. The lowest BCUT2D eigenvalue weighted by Gasteiger charge is -2.27. The molecular weight excluding hydrogens is 180 g/mol. The van der Waals surface area contributed by atoms with Crippen molar-refractivity contribution in [2.45, 2.75) is 6.54 Å². The molecule has 2 rings (SSSR count). The number of morpholine rings is 1. The Labute approximate surface area is 82.9 Å². The van der Waals surface area contributed by atoms with E-state index in [9.17, 15) is 0 Å². The van der Waals surface area contributed by atoms with E-state index in [1.165, 1.54) is 0 Å². The summed E-state index contributed by atoms with van der Waals surface area (Å²) in [5.41, 5.74) is 6.39. The molecule has 14 heavy (non-hydrogen) atoms. The van der Waals surface area contributed by atoms with E-state index in [0.717, 1.165) is 37.8 Å². The molecule has 0 radical (unpaired) electrons. The summed E-state index contributed by atoms with van der Waals surface area (Å²) in [4.78, 5) is 10.5. The van der Waals surface area contributed by atoms with Gasteiger partial charge < -0.3 is 15.4 Å². The summed E-state index contributed by atoms with van der Waals surface area (Å²) in [7, 11) is 0. The van der Waals surface area contributed by atoms with E-state index < -0.39 is 0 Å². The van der Waals surface area contributed by atoms with E-state index in [-0.39, 0.29) is 0 Å². The van der Waals surface area contributed by atoms with Crippen LogP contribution >= 0.6 is 0 Å². The normalized spacial score (nSPS) is 17.1. The Kier molecular flexibility index (Phi) is 2.90. The van der Waals surface area contributed by atoms with Crippen LogP contribution in [-0.4, -0.2) is 36.3 Å². The molecule has 1 fully saturated rings. The number of hydrogen-bond acceptors (Lipinski definition) is 5. The second-order valence-electron chi connectivity index (χ2n) is 3.17. The maximum Gasteiger partial charge on any atom is 0.132 e. The van der Waals surface area contributed by atoms with Crippen LogP contribution in [0.25, 0.3) is 0 Å². The maximum atomic E-state index is 5.51. The molecule has 1 aromatic heterocycles. The van der Waals surface area contributed by atoms with Gasteiger partial charge in [-0.1, -0.05) is 0 Å². The Morgan fingerprint density at radius 2 is 2.14 bits per heavy atom. The first kappa shape index (κ1) is 9.36. The number of hydrogen-bond donors (Lipinski definition) is 1. The largest absolute Gasteiger partial charge is 0.378 e. The second kappa shape index (κ2) is 4.34. The molecule has 0 atom stereocenters. The van der Waals surface area contributed by atoms with Crippen molar-refractivity contribution in [2.24, 2.45) is 5.73 Å². The zero-order valence-electron chi connectivity index (χ0n) is 8.02. The minimum absolute atomic E-state index is 0.458. The molecule has 5 heteroatoms. The fourth-order valence-electron chi connectivity index (χ4n) is 1.46. The highest BCUT2D eigenvalue weighted by atomic mass is 16.5. The molecule has 1 saturated heterocycles. The van der Waals surface area contributed by atoms with Crippen LogP contribution in [0.3, 0.4) is 0 Å². The summed E-state index contributed by atoms with van der Waals surface area (Å²) in [6.45, 7) is 3.77. The molecule has 1 aromatic rings. The van der Waals surface area contributed by atoms with Crippen molar-refractivity contribution in [1.82, 2.24) is 9.97 Å². The van der Waals surface area contributed by atoms with Crippen LogP contribution in [-0.2, 0) is 11.3 Å². The number of rotatable bonds is 2. The van der Waals surface area contributed by atoms with Crippen molar-refractivity contribution >= 4 is 5.82 Å². The predicted molar refractivity (Wildman–Crippen MR) is 53.0 cm³/mol. The molecule has 0 unspecified atom stereocenters. The Morgan fingerprint density at radius 1 is 1.36 bits per heavy atom. The lowest BCUT2D eigenvalue weighted by Crippen LogP contribution is -2.36. The topological polar surface area (TPSA) is 64.3 Å². The summed E-state index contributed by atoms with van der Waals surface area (Å²) < 4.78 is 5.27. The fraction of sp³-hybridized carbons (Fsp3) is 0.556. The van der Waals surface area contributed by atoms with Crippen molar-refractivity contribution in [3.8, 4) is 0 Å². The van der Waals surface area contributed by atoms with Crippen LogP contribution < -0.4 is 10.6 Å². The summed E-state index contributed by atoms with van der Waals surface area (Å²) in [5.74, 6) is 0.948. The highest BCUT2D eigenvalue weighted by Gasteiger charge is 2.12. The molecule has 0 aromatic carbocycles. The molecule has 2 heterocycles. The second-order valence-corrected chi connectivity index (χ2v) is 3.17. The average Bonchev–Trinajstić information content (AvgIpc) is 2.30. The molecular formula is C9H14N4O. The van der Waals surface area contributed by atoms with Crippen LogP contribution in [0.15, 0.2) is 12.4 Å². The molecule has 0 bridgehead atoms. The number of ether oxygens (including phenoxy) is 1. The Balaban J connectivity index is 2.13. The lowest BCUT2D eigenvalue weighted by molar-refractivity contribution is 0.122. The molecule has 1 aliphatic heterocycles. The molecule has 0 spiro atoms. The van der Waals surface area contributed by atoms with Gasteiger partial charge in [0.25, 0.3) is 0 Å². The van der Waals surface area contributed by atoms with Crippen molar-refractivity contribution in [3.63, 3.8) is 0 Å². The minimum atomic E-state index is 0.458. The predicted octanol–water partition coefficient (Wildman–Crippen LogP) is -0.228. The SMILES string of the molecule is NCc1cc(N2CCOCC2)ncn1. The average molecular weight is 194 g/mol. The number of nitrogens with two attached hydrogens (primary N) is 1. The minimum Gasteiger partial charge on any atom is -0.378 e. The summed E-state index contributed by atoms with van der Waals surface area (Å²) in [6, 6.07) is 1.94. The van der Waals surface area contributed by atoms with Crippen LogP contribution in [0.1, 0.15) is 5.69 Å². The molecule has 0 saturated carbocycles. The first-order valence-corrected chi connectivity index (χ1v) is 4.74. The van der Waals surface area contributed by atoms with Crippen LogP contribution in [0.5, 0.6) is 0 Å². The number of nitrogens with zero attached hydrogens (tertiary/aromatic N) is 3. The van der Waals surface area contributed by atoms with Gasteiger partial charge in [0.05, 0.1) is 18.9 Å². The van der Waals surface area contributed by atoms with Crippen LogP contribution in [0.4, 0.5) is 5.82 Å². The van der Waals surface area contributed by atoms with Gasteiger partial charge in [0.2, 0.25) is 0 Å². The van der Waals surface area contributed by atoms with E-state index in [4.69, 9.17) is 10.5 Å². The highest BCUT2D eigenvalue weighted by molar-refractivity contribution is 5.39. The van der Waals surface area contributed by atoms with Crippen LogP contribution in [0.2, 0.25) is 0 Å². The smallest absolute Gasteiger partial charge is 0.132 e. The molecule has 1 aliphatic rings. The lowest BCUT2D eigenvalue weighted by atomic mass is 10.3. The van der Waals surface area contributed by atoms with Crippen molar-refractivity contribution in [1.29, 1.82) is 0 Å². The summed E-state index contributed by atoms with van der Waals surface area (Å²) in [6.07, 6.45) is 1.56. The van der Waals surface area contributed by atoms with E-state index in [0.29, 0.717) is 6.54 Å². The zero-order valence-corrected chi connectivity index (χ0v) is 8.02.